The van der Waals surface area contributed by atoms with Crippen molar-refractivity contribution in [2.45, 2.75) is 11.1 Å². The predicted octanol–water partition coefficient (Wildman–Crippen LogP) is 3.38. The number of amides is 1. The van der Waals surface area contributed by atoms with Crippen LogP contribution in [0.5, 0.6) is 0 Å². The molecule has 20 heavy (non-hydrogen) atoms. The van der Waals surface area contributed by atoms with Crippen LogP contribution in [-0.4, -0.2) is 28.9 Å². The Morgan fingerprint density at radius 3 is 3.10 bits per heavy atom. The van der Waals surface area contributed by atoms with Gasteiger partial charge in [0.25, 0.3) is 0 Å². The molecule has 1 atom stereocenters. The van der Waals surface area contributed by atoms with Crippen LogP contribution < -0.4 is 0 Å². The molecule has 0 radical (unpaired) electrons. The first-order valence-corrected chi connectivity index (χ1v) is 8.58. The third kappa shape index (κ3) is 3.07. The normalized spacial score (nSPS) is 18.9. The molecule has 0 N–H and O–H groups in total. The summed E-state index contributed by atoms with van der Waals surface area (Å²) in [5, 5.41) is 0.102. The molecule has 0 spiro atoms. The lowest BCUT2D eigenvalue weighted by molar-refractivity contribution is -0.127. The molecule has 4 nitrogen and oxygen atoms in total. The number of hydrogen-bond donors (Lipinski definition) is 0. The quantitative estimate of drug-likeness (QED) is 0.766. The minimum atomic E-state index is 0.102. The fourth-order valence-electron chi connectivity index (χ4n) is 2.12. The van der Waals surface area contributed by atoms with Gasteiger partial charge in [-0.15, -0.1) is 11.8 Å². The van der Waals surface area contributed by atoms with Crippen molar-refractivity contribution in [3.63, 3.8) is 0 Å². The van der Waals surface area contributed by atoms with Crippen LogP contribution in [-0.2, 0) is 10.5 Å². The van der Waals surface area contributed by atoms with E-state index in [1.807, 2.05) is 23.1 Å². The highest BCUT2D eigenvalue weighted by molar-refractivity contribution is 8.00. The van der Waals surface area contributed by atoms with Crippen LogP contribution in [0, 0.1) is 0 Å². The van der Waals surface area contributed by atoms with Gasteiger partial charge < -0.3 is 13.7 Å². The number of furan rings is 2. The second-order valence-electron chi connectivity index (χ2n) is 4.44. The Hall–Kier alpha value is -1.27. The van der Waals surface area contributed by atoms with E-state index in [2.05, 4.69) is 0 Å². The van der Waals surface area contributed by atoms with Crippen LogP contribution in [0.1, 0.15) is 16.7 Å². The molecule has 0 aromatic carbocycles. The highest BCUT2D eigenvalue weighted by atomic mass is 32.2. The van der Waals surface area contributed by atoms with Crippen LogP contribution in [0.3, 0.4) is 0 Å². The monoisotopic (exact) mass is 309 g/mol. The molecule has 1 aliphatic heterocycles. The summed E-state index contributed by atoms with van der Waals surface area (Å²) in [6.07, 6.45) is 5.06. The lowest BCUT2D eigenvalue weighted by Crippen LogP contribution is -2.30. The molecule has 3 rings (SSSR count). The maximum atomic E-state index is 11.9. The molecule has 1 unspecified atom stereocenters. The van der Waals surface area contributed by atoms with Crippen LogP contribution in [0.4, 0.5) is 0 Å². The van der Waals surface area contributed by atoms with E-state index in [0.29, 0.717) is 5.75 Å². The Kier molecular flexibility index (Phi) is 4.42. The summed E-state index contributed by atoms with van der Waals surface area (Å²) in [6.45, 7) is 0.757. The van der Waals surface area contributed by atoms with Crippen molar-refractivity contribution in [3.8, 4) is 0 Å². The van der Waals surface area contributed by atoms with Gasteiger partial charge in [-0.05, 0) is 18.2 Å². The molecule has 0 aliphatic carbocycles. The minimum absolute atomic E-state index is 0.102. The maximum Gasteiger partial charge on any atom is 0.233 e. The van der Waals surface area contributed by atoms with Gasteiger partial charge in [0.05, 0.1) is 30.3 Å². The third-order valence-corrected chi connectivity index (χ3v) is 5.31. The molecule has 1 aliphatic rings. The molecule has 3 heterocycles. The van der Waals surface area contributed by atoms with E-state index < -0.39 is 0 Å². The lowest BCUT2D eigenvalue weighted by Gasteiger charge is -2.22. The average Bonchev–Trinajstić information content (AvgIpc) is 3.17. The van der Waals surface area contributed by atoms with Crippen molar-refractivity contribution >= 4 is 29.4 Å². The Labute approximate surface area is 125 Å². The van der Waals surface area contributed by atoms with Crippen molar-refractivity contribution in [3.05, 3.63) is 48.3 Å². The topological polar surface area (TPSA) is 46.6 Å². The molecule has 1 amide bonds. The molecule has 0 bridgehead atoms. The summed E-state index contributed by atoms with van der Waals surface area (Å²) in [5.41, 5.74) is 1.07. The summed E-state index contributed by atoms with van der Waals surface area (Å²) >= 11 is 3.44. The SMILES string of the molecule is O=C1CSC(c2ccoc2)N1CCSCc1ccco1. The van der Waals surface area contributed by atoms with Crippen molar-refractivity contribution in [1.29, 1.82) is 0 Å². The summed E-state index contributed by atoms with van der Waals surface area (Å²) in [4.78, 5) is 13.9. The fraction of sp³-hybridized carbons (Fsp3) is 0.357. The molecule has 0 saturated carbocycles. The third-order valence-electron chi connectivity index (χ3n) is 3.10. The van der Waals surface area contributed by atoms with E-state index in [1.165, 1.54) is 0 Å². The molecule has 1 saturated heterocycles. The number of hydrogen-bond acceptors (Lipinski definition) is 5. The molecule has 2 aromatic rings. The number of carbonyl (C=O) groups is 1. The molecule has 2 aromatic heterocycles. The van der Waals surface area contributed by atoms with Gasteiger partial charge in [0, 0.05) is 17.9 Å². The first-order valence-electron chi connectivity index (χ1n) is 6.38. The molecule has 6 heteroatoms. The van der Waals surface area contributed by atoms with Gasteiger partial charge in [0.15, 0.2) is 0 Å². The van der Waals surface area contributed by atoms with Gasteiger partial charge in [-0.3, -0.25) is 4.79 Å². The number of rotatable bonds is 6. The van der Waals surface area contributed by atoms with E-state index in [1.54, 1.807) is 42.3 Å². The zero-order chi connectivity index (χ0) is 13.8. The van der Waals surface area contributed by atoms with E-state index in [0.717, 1.165) is 29.4 Å². The predicted molar refractivity (Wildman–Crippen MR) is 80.5 cm³/mol. The van der Waals surface area contributed by atoms with Crippen LogP contribution in [0.15, 0.2) is 45.8 Å². The Morgan fingerprint density at radius 1 is 1.40 bits per heavy atom. The molecule has 1 fully saturated rings. The Bertz CT molecular complexity index is 539. The Balaban J connectivity index is 1.51. The number of thioether (sulfide) groups is 2. The second-order valence-corrected chi connectivity index (χ2v) is 6.61. The number of nitrogens with zero attached hydrogens (tertiary/aromatic N) is 1. The number of carbonyl (C=O) groups excluding carboxylic acids is 1. The van der Waals surface area contributed by atoms with E-state index >= 15 is 0 Å². The van der Waals surface area contributed by atoms with E-state index in [4.69, 9.17) is 8.83 Å². The standard InChI is InChI=1S/C14H15NO3S2/c16-13-10-20-14(11-3-6-17-8-11)15(13)4-7-19-9-12-2-1-5-18-12/h1-3,5-6,8,14H,4,7,9-10H2. The molecule has 106 valence electrons. The van der Waals surface area contributed by atoms with Gasteiger partial charge in [0.2, 0.25) is 5.91 Å². The Morgan fingerprint density at radius 2 is 2.35 bits per heavy atom. The van der Waals surface area contributed by atoms with Crippen molar-refractivity contribution < 1.29 is 13.6 Å². The smallest absolute Gasteiger partial charge is 0.233 e. The maximum absolute atomic E-state index is 11.9. The fourth-order valence-corrected chi connectivity index (χ4v) is 4.15. The highest BCUT2D eigenvalue weighted by Gasteiger charge is 2.32. The van der Waals surface area contributed by atoms with Crippen LogP contribution >= 0.6 is 23.5 Å². The lowest BCUT2D eigenvalue weighted by atomic mass is 10.3. The molecular weight excluding hydrogens is 294 g/mol. The second kappa shape index (κ2) is 6.45. The van der Waals surface area contributed by atoms with Gasteiger partial charge in [-0.25, -0.2) is 0 Å². The van der Waals surface area contributed by atoms with Crippen molar-refractivity contribution in [2.24, 2.45) is 0 Å². The highest BCUT2D eigenvalue weighted by Crippen LogP contribution is 2.38. The average molecular weight is 309 g/mol. The summed E-state index contributed by atoms with van der Waals surface area (Å²) < 4.78 is 10.4. The van der Waals surface area contributed by atoms with Crippen molar-refractivity contribution in [1.82, 2.24) is 4.90 Å². The van der Waals surface area contributed by atoms with Crippen molar-refractivity contribution in [2.75, 3.05) is 18.1 Å². The zero-order valence-corrected chi connectivity index (χ0v) is 12.5. The van der Waals surface area contributed by atoms with Crippen LogP contribution in [0.25, 0.3) is 0 Å². The summed E-state index contributed by atoms with van der Waals surface area (Å²) in [5.74, 6) is 3.49. The van der Waals surface area contributed by atoms with Gasteiger partial charge in [-0.1, -0.05) is 0 Å². The van der Waals surface area contributed by atoms with E-state index in [-0.39, 0.29) is 11.3 Å². The summed E-state index contributed by atoms with van der Waals surface area (Å²) in [7, 11) is 0. The van der Waals surface area contributed by atoms with E-state index in [9.17, 15) is 4.79 Å². The van der Waals surface area contributed by atoms with Gasteiger partial charge in [0.1, 0.15) is 11.1 Å². The summed E-state index contributed by atoms with van der Waals surface area (Å²) in [6, 6.07) is 5.79. The minimum Gasteiger partial charge on any atom is -0.472 e. The first-order chi connectivity index (χ1) is 9.84. The zero-order valence-electron chi connectivity index (χ0n) is 10.9. The molecular formula is C14H15NO3S2. The largest absolute Gasteiger partial charge is 0.472 e. The first kappa shape index (κ1) is 13.7. The van der Waals surface area contributed by atoms with Gasteiger partial charge in [-0.2, -0.15) is 11.8 Å². The van der Waals surface area contributed by atoms with Gasteiger partial charge >= 0.3 is 0 Å². The van der Waals surface area contributed by atoms with Crippen LogP contribution in [0.2, 0.25) is 0 Å².